The van der Waals surface area contributed by atoms with Crippen molar-refractivity contribution in [3.8, 4) is 6.07 Å². The molecule has 1 aromatic carbocycles. The zero-order valence-corrected chi connectivity index (χ0v) is 19.8. The van der Waals surface area contributed by atoms with E-state index in [0.29, 0.717) is 44.6 Å². The molecule has 1 spiro atoms. The first kappa shape index (κ1) is 24.4. The number of anilines is 1. The maximum atomic E-state index is 13.4. The minimum Gasteiger partial charge on any atom is -0.371 e. The first-order chi connectivity index (χ1) is 15.8. The van der Waals surface area contributed by atoms with Crippen LogP contribution in [-0.4, -0.2) is 48.4 Å². The number of amides is 2. The van der Waals surface area contributed by atoms with Gasteiger partial charge < -0.3 is 15.1 Å². The number of likely N-dealkylation sites (tertiary alicyclic amines) is 1. The predicted molar refractivity (Wildman–Crippen MR) is 121 cm³/mol. The Balaban J connectivity index is 1.51. The number of alkyl halides is 3. The Hall–Kier alpha value is -2.76. The van der Waals surface area contributed by atoms with Crippen LogP contribution in [0, 0.1) is 22.2 Å². The molecule has 3 fully saturated rings. The van der Waals surface area contributed by atoms with Gasteiger partial charge in [0.2, 0.25) is 11.8 Å². The maximum absolute atomic E-state index is 13.4. The first-order valence-corrected chi connectivity index (χ1v) is 11.8. The van der Waals surface area contributed by atoms with Crippen molar-refractivity contribution < 1.29 is 22.8 Å². The normalized spacial score (nSPS) is 22.6. The Kier molecular flexibility index (Phi) is 6.07. The molecule has 1 N–H and O–H groups in total. The number of nitrogens with one attached hydrogen (secondary N) is 1. The van der Waals surface area contributed by atoms with Crippen molar-refractivity contribution in [3.63, 3.8) is 0 Å². The van der Waals surface area contributed by atoms with Crippen molar-refractivity contribution in [1.82, 2.24) is 10.2 Å². The van der Waals surface area contributed by atoms with Crippen molar-refractivity contribution in [2.75, 3.05) is 24.5 Å². The van der Waals surface area contributed by atoms with Gasteiger partial charge in [-0.05, 0) is 55.7 Å². The van der Waals surface area contributed by atoms with Crippen LogP contribution in [0.3, 0.4) is 0 Å². The molecule has 0 aromatic heterocycles. The van der Waals surface area contributed by atoms with Gasteiger partial charge >= 0.3 is 6.18 Å². The summed E-state index contributed by atoms with van der Waals surface area (Å²) >= 11 is 0. The first-order valence-electron chi connectivity index (χ1n) is 11.8. The molecule has 2 saturated heterocycles. The monoisotopic (exact) mass is 476 g/mol. The summed E-state index contributed by atoms with van der Waals surface area (Å²) in [5, 5.41) is 12.1. The molecule has 4 rings (SSSR count). The lowest BCUT2D eigenvalue weighted by Gasteiger charge is -2.40. The summed E-state index contributed by atoms with van der Waals surface area (Å²) in [6.07, 6.45) is -0.737. The van der Waals surface area contributed by atoms with E-state index in [1.807, 2.05) is 25.7 Å². The second-order valence-electron chi connectivity index (χ2n) is 11.0. The number of halogens is 3. The van der Waals surface area contributed by atoms with E-state index in [1.165, 1.54) is 6.07 Å². The highest BCUT2D eigenvalue weighted by Crippen LogP contribution is 2.46. The lowest BCUT2D eigenvalue weighted by molar-refractivity contribution is -0.144. The zero-order chi connectivity index (χ0) is 24.9. The third-order valence-electron chi connectivity index (χ3n) is 7.26. The molecular weight excluding hydrogens is 445 g/mol. The van der Waals surface area contributed by atoms with E-state index in [0.717, 1.165) is 18.9 Å². The second-order valence-corrected chi connectivity index (χ2v) is 11.0. The van der Waals surface area contributed by atoms with Crippen LogP contribution in [0.4, 0.5) is 18.9 Å². The van der Waals surface area contributed by atoms with Crippen LogP contribution in [0.25, 0.3) is 0 Å². The van der Waals surface area contributed by atoms with Gasteiger partial charge in [0, 0.05) is 36.8 Å². The van der Waals surface area contributed by atoms with Crippen molar-refractivity contribution in [2.24, 2.45) is 10.8 Å². The van der Waals surface area contributed by atoms with E-state index in [1.54, 1.807) is 17.0 Å². The van der Waals surface area contributed by atoms with Crippen LogP contribution in [0.15, 0.2) is 18.2 Å². The van der Waals surface area contributed by atoms with Gasteiger partial charge in [-0.15, -0.1) is 0 Å². The van der Waals surface area contributed by atoms with E-state index < -0.39 is 23.2 Å². The highest BCUT2D eigenvalue weighted by molar-refractivity contribution is 5.90. The average molecular weight is 477 g/mol. The fourth-order valence-electron chi connectivity index (χ4n) is 5.12. The lowest BCUT2D eigenvalue weighted by Crippen LogP contribution is -2.50. The molecule has 1 aliphatic carbocycles. The topological polar surface area (TPSA) is 76.4 Å². The Morgan fingerprint density at radius 2 is 1.79 bits per heavy atom. The van der Waals surface area contributed by atoms with Crippen molar-refractivity contribution in [1.29, 1.82) is 5.26 Å². The van der Waals surface area contributed by atoms with Crippen molar-refractivity contribution in [3.05, 3.63) is 29.3 Å². The minimum atomic E-state index is -4.60. The Morgan fingerprint density at radius 3 is 2.32 bits per heavy atom. The molecule has 1 atom stereocenters. The third-order valence-corrected chi connectivity index (χ3v) is 7.26. The van der Waals surface area contributed by atoms with Gasteiger partial charge in [0.25, 0.3) is 0 Å². The highest BCUT2D eigenvalue weighted by atomic mass is 19.4. The van der Waals surface area contributed by atoms with Gasteiger partial charge in [-0.1, -0.05) is 20.8 Å². The Bertz CT molecular complexity index is 1010. The van der Waals surface area contributed by atoms with E-state index in [4.69, 9.17) is 5.26 Å². The smallest absolute Gasteiger partial charge is 0.371 e. The largest absolute Gasteiger partial charge is 0.417 e. The van der Waals surface area contributed by atoms with Crippen LogP contribution in [0.2, 0.25) is 0 Å². The maximum Gasteiger partial charge on any atom is 0.417 e. The molecule has 1 aromatic rings. The number of nitriles is 1. The molecular formula is C25H31F3N4O2. The van der Waals surface area contributed by atoms with E-state index in [9.17, 15) is 22.8 Å². The summed E-state index contributed by atoms with van der Waals surface area (Å²) < 4.78 is 40.2. The summed E-state index contributed by atoms with van der Waals surface area (Å²) in [6, 6.07) is 5.14. The fourth-order valence-corrected chi connectivity index (χ4v) is 5.12. The number of piperidine rings is 1. The molecule has 2 heterocycles. The number of hydrogen-bond acceptors (Lipinski definition) is 4. The van der Waals surface area contributed by atoms with Crippen molar-refractivity contribution in [2.45, 2.75) is 71.1 Å². The van der Waals surface area contributed by atoms with Gasteiger partial charge in [-0.2, -0.15) is 18.4 Å². The molecule has 9 heteroatoms. The molecule has 34 heavy (non-hydrogen) atoms. The van der Waals surface area contributed by atoms with E-state index in [2.05, 4.69) is 5.32 Å². The zero-order valence-electron chi connectivity index (χ0n) is 19.8. The molecule has 184 valence electrons. The molecule has 0 bridgehead atoms. The minimum absolute atomic E-state index is 0.0512. The van der Waals surface area contributed by atoms with Crippen LogP contribution >= 0.6 is 0 Å². The van der Waals surface area contributed by atoms with Gasteiger partial charge in [-0.3, -0.25) is 9.59 Å². The second kappa shape index (κ2) is 8.47. The van der Waals surface area contributed by atoms with Crippen LogP contribution in [0.5, 0.6) is 0 Å². The van der Waals surface area contributed by atoms with Crippen LogP contribution in [0.1, 0.15) is 64.0 Å². The summed E-state index contributed by atoms with van der Waals surface area (Å²) in [5.74, 6) is -0.147. The van der Waals surface area contributed by atoms with Gasteiger partial charge in [0.15, 0.2) is 0 Å². The molecule has 0 radical (unpaired) electrons. The summed E-state index contributed by atoms with van der Waals surface area (Å²) in [4.78, 5) is 29.8. The molecule has 2 amide bonds. The predicted octanol–water partition coefficient (Wildman–Crippen LogP) is 4.09. The van der Waals surface area contributed by atoms with Crippen molar-refractivity contribution >= 4 is 17.5 Å². The van der Waals surface area contributed by atoms with Gasteiger partial charge in [0.1, 0.15) is 6.04 Å². The average Bonchev–Trinajstić information content (AvgIpc) is 3.51. The van der Waals surface area contributed by atoms with Gasteiger partial charge in [0.05, 0.1) is 17.2 Å². The quantitative estimate of drug-likeness (QED) is 0.713. The number of hydrogen-bond donors (Lipinski definition) is 1. The van der Waals surface area contributed by atoms with Crippen LogP contribution in [-0.2, 0) is 15.8 Å². The molecule has 3 aliphatic rings. The fraction of sp³-hybridized carbons (Fsp3) is 0.640. The van der Waals surface area contributed by atoms with E-state index in [-0.39, 0.29) is 28.8 Å². The van der Waals surface area contributed by atoms with E-state index >= 15 is 0 Å². The number of nitrogens with zero attached hydrogens (tertiary/aromatic N) is 3. The third kappa shape index (κ3) is 4.86. The number of carbonyl (C=O) groups is 2. The Morgan fingerprint density at radius 1 is 1.15 bits per heavy atom. The molecule has 6 nitrogen and oxygen atoms in total. The number of benzene rings is 1. The number of rotatable bonds is 3. The molecule has 1 unspecified atom stereocenters. The number of carbonyl (C=O) groups excluding carboxylic acids is 2. The Labute approximate surface area is 198 Å². The summed E-state index contributed by atoms with van der Waals surface area (Å²) in [5.41, 5.74) is -1.72. The molecule has 2 aliphatic heterocycles. The SMILES string of the molecule is CC(C)(C)C(=O)N1CC2(CCN(c3ccc(C#N)c(C(F)(F)F)c3)CC2)CC1C(=O)NC1CC1. The lowest BCUT2D eigenvalue weighted by atomic mass is 9.76. The molecule has 1 saturated carbocycles. The summed E-state index contributed by atoms with van der Waals surface area (Å²) in [6.45, 7) is 7.09. The van der Waals surface area contributed by atoms with Gasteiger partial charge in [-0.25, -0.2) is 0 Å². The standard InChI is InChI=1S/C25H31F3N4O2/c1-23(2,3)22(34)32-15-24(13-20(32)21(33)30-17-5-6-17)8-10-31(11-9-24)18-7-4-16(14-29)19(12-18)25(26,27)28/h4,7,12,17,20H,5-6,8-11,13,15H2,1-3H3,(H,30,33). The highest BCUT2D eigenvalue weighted by Gasteiger charge is 2.51. The van der Waals surface area contributed by atoms with Crippen LogP contribution < -0.4 is 10.2 Å². The summed E-state index contributed by atoms with van der Waals surface area (Å²) in [7, 11) is 0.